The van der Waals surface area contributed by atoms with Crippen molar-refractivity contribution in [3.63, 3.8) is 0 Å². The topological polar surface area (TPSA) is 56.7 Å². The van der Waals surface area contributed by atoms with Crippen molar-refractivity contribution in [3.05, 3.63) is 47.5 Å². The van der Waals surface area contributed by atoms with Crippen LogP contribution in [0.5, 0.6) is 0 Å². The maximum absolute atomic E-state index is 6.16. The first-order valence-electron chi connectivity index (χ1n) is 5.08. The van der Waals surface area contributed by atoms with Crippen molar-refractivity contribution in [3.8, 4) is 5.69 Å². The van der Waals surface area contributed by atoms with Gasteiger partial charge in [-0.25, -0.2) is 4.68 Å². The van der Waals surface area contributed by atoms with Crippen molar-refractivity contribution in [2.45, 2.75) is 0 Å². The molecule has 4 nitrogen and oxygen atoms in total. The molecule has 0 spiro atoms. The molecule has 0 radical (unpaired) electrons. The fraction of sp³-hybridized carbons (Fsp3) is 0. The van der Waals surface area contributed by atoms with Gasteiger partial charge in [0.05, 0.1) is 22.0 Å². The number of nitrogens with zero attached hydrogens (tertiary/aromatic N) is 3. The second-order valence-corrected chi connectivity index (χ2v) is 4.61. The fourth-order valence-corrected chi connectivity index (χ4v) is 2.10. The monoisotopic (exact) mass is 288 g/mol. The van der Waals surface area contributed by atoms with Gasteiger partial charge in [0.25, 0.3) is 0 Å². The first-order chi connectivity index (χ1) is 8.25. The van der Waals surface area contributed by atoms with Crippen LogP contribution in [0.3, 0.4) is 0 Å². The van der Waals surface area contributed by atoms with Crippen LogP contribution in [0, 0.1) is 0 Å². The minimum absolute atomic E-state index is 0.709. The van der Waals surface area contributed by atoms with Gasteiger partial charge >= 0.3 is 0 Å². The van der Waals surface area contributed by atoms with Gasteiger partial charge in [-0.15, -0.1) is 0 Å². The highest BCUT2D eigenvalue weighted by molar-refractivity contribution is 9.10. The van der Waals surface area contributed by atoms with E-state index in [4.69, 9.17) is 5.73 Å². The summed E-state index contributed by atoms with van der Waals surface area (Å²) in [5.41, 5.74) is 7.73. The molecular formula is C12H9BrN4. The molecule has 2 N–H and O–H groups in total. The number of pyridine rings is 1. The molecule has 2 aromatic heterocycles. The zero-order valence-electron chi connectivity index (χ0n) is 8.84. The largest absolute Gasteiger partial charge is 0.396 e. The second kappa shape index (κ2) is 3.85. The predicted octanol–water partition coefficient (Wildman–Crippen LogP) is 2.77. The molecule has 0 saturated heterocycles. The van der Waals surface area contributed by atoms with Gasteiger partial charge in [0.15, 0.2) is 0 Å². The van der Waals surface area contributed by atoms with Crippen LogP contribution in [0.1, 0.15) is 0 Å². The Morgan fingerprint density at radius 1 is 1.18 bits per heavy atom. The van der Waals surface area contributed by atoms with E-state index in [1.165, 1.54) is 0 Å². The summed E-state index contributed by atoms with van der Waals surface area (Å²) in [4.78, 5) is 4.08. The summed E-state index contributed by atoms with van der Waals surface area (Å²) >= 11 is 3.37. The number of halogens is 1. The Kier molecular flexibility index (Phi) is 2.33. The SMILES string of the molecule is Nc1c(-n2cc(Br)cn2)ccc2cnccc12. The second-order valence-electron chi connectivity index (χ2n) is 3.70. The zero-order chi connectivity index (χ0) is 11.8. The third-order valence-electron chi connectivity index (χ3n) is 2.64. The van der Waals surface area contributed by atoms with Gasteiger partial charge in [-0.3, -0.25) is 4.98 Å². The van der Waals surface area contributed by atoms with Crippen LogP contribution in [0.25, 0.3) is 16.5 Å². The van der Waals surface area contributed by atoms with E-state index >= 15 is 0 Å². The van der Waals surface area contributed by atoms with Crippen molar-refractivity contribution in [1.82, 2.24) is 14.8 Å². The summed E-state index contributed by atoms with van der Waals surface area (Å²) in [7, 11) is 0. The zero-order valence-corrected chi connectivity index (χ0v) is 10.4. The van der Waals surface area contributed by atoms with Crippen molar-refractivity contribution < 1.29 is 0 Å². The number of rotatable bonds is 1. The molecule has 0 unspecified atom stereocenters. The summed E-state index contributed by atoms with van der Waals surface area (Å²) in [5, 5.41) is 6.25. The van der Waals surface area contributed by atoms with Crippen molar-refractivity contribution in [2.24, 2.45) is 0 Å². The highest BCUT2D eigenvalue weighted by atomic mass is 79.9. The maximum atomic E-state index is 6.16. The van der Waals surface area contributed by atoms with Crippen molar-refractivity contribution in [2.75, 3.05) is 5.73 Å². The van der Waals surface area contributed by atoms with E-state index in [2.05, 4.69) is 26.0 Å². The van der Waals surface area contributed by atoms with E-state index in [0.29, 0.717) is 5.69 Å². The van der Waals surface area contributed by atoms with Gasteiger partial charge in [0.2, 0.25) is 0 Å². The third kappa shape index (κ3) is 1.68. The van der Waals surface area contributed by atoms with Crippen LogP contribution >= 0.6 is 15.9 Å². The number of nitrogen functional groups attached to an aromatic ring is 1. The number of benzene rings is 1. The standard InChI is InChI=1S/C12H9BrN4/c13-9-6-16-17(7-9)11-2-1-8-5-15-4-3-10(8)12(11)14/h1-7H,14H2. The number of fused-ring (bicyclic) bond motifs is 1. The van der Waals surface area contributed by atoms with Crippen LogP contribution in [-0.2, 0) is 0 Å². The smallest absolute Gasteiger partial charge is 0.0881 e. The first kappa shape index (κ1) is 10.3. The van der Waals surface area contributed by atoms with Crippen LogP contribution in [-0.4, -0.2) is 14.8 Å². The normalized spacial score (nSPS) is 10.9. The Hall–Kier alpha value is -1.88. The minimum Gasteiger partial charge on any atom is -0.396 e. The third-order valence-corrected chi connectivity index (χ3v) is 3.05. The average molecular weight is 289 g/mol. The van der Waals surface area contributed by atoms with Gasteiger partial charge in [0, 0.05) is 29.4 Å². The van der Waals surface area contributed by atoms with Crippen LogP contribution in [0.2, 0.25) is 0 Å². The van der Waals surface area contributed by atoms with E-state index in [1.807, 2.05) is 24.4 Å². The summed E-state index contributed by atoms with van der Waals surface area (Å²) in [6.07, 6.45) is 7.14. The van der Waals surface area contributed by atoms with E-state index < -0.39 is 0 Å². The molecule has 84 valence electrons. The highest BCUT2D eigenvalue weighted by Gasteiger charge is 2.07. The van der Waals surface area contributed by atoms with Gasteiger partial charge in [0.1, 0.15) is 0 Å². The number of hydrogen-bond acceptors (Lipinski definition) is 3. The molecule has 3 aromatic rings. The Morgan fingerprint density at radius 3 is 2.82 bits per heavy atom. The molecule has 1 aromatic carbocycles. The Morgan fingerprint density at radius 2 is 2.06 bits per heavy atom. The lowest BCUT2D eigenvalue weighted by atomic mass is 10.1. The van der Waals surface area contributed by atoms with Crippen LogP contribution < -0.4 is 5.73 Å². The summed E-state index contributed by atoms with van der Waals surface area (Å²) in [6, 6.07) is 5.84. The molecule has 3 rings (SSSR count). The number of nitrogens with two attached hydrogens (primary N) is 1. The van der Waals surface area contributed by atoms with E-state index in [1.54, 1.807) is 23.3 Å². The molecular weight excluding hydrogens is 280 g/mol. The molecule has 0 aliphatic carbocycles. The molecule has 0 bridgehead atoms. The van der Waals surface area contributed by atoms with Crippen LogP contribution in [0.4, 0.5) is 5.69 Å². The van der Waals surface area contributed by atoms with E-state index in [-0.39, 0.29) is 0 Å². The molecule has 0 aliphatic rings. The van der Waals surface area contributed by atoms with E-state index in [9.17, 15) is 0 Å². The lowest BCUT2D eigenvalue weighted by Crippen LogP contribution is -2.00. The quantitative estimate of drug-likeness (QED) is 0.701. The molecule has 0 aliphatic heterocycles. The number of hydrogen-bond donors (Lipinski definition) is 1. The lowest BCUT2D eigenvalue weighted by molar-refractivity contribution is 0.884. The minimum atomic E-state index is 0.709. The predicted molar refractivity (Wildman–Crippen MR) is 71.0 cm³/mol. The fourth-order valence-electron chi connectivity index (χ4n) is 1.81. The summed E-state index contributed by atoms with van der Waals surface area (Å²) in [6.45, 7) is 0. The molecule has 0 fully saturated rings. The van der Waals surface area contributed by atoms with Crippen molar-refractivity contribution in [1.29, 1.82) is 0 Å². The van der Waals surface area contributed by atoms with Crippen molar-refractivity contribution >= 4 is 32.4 Å². The molecule has 5 heteroatoms. The molecule has 0 saturated carbocycles. The molecule has 17 heavy (non-hydrogen) atoms. The number of aromatic nitrogens is 3. The average Bonchev–Trinajstić information content (AvgIpc) is 2.77. The molecule has 0 atom stereocenters. The molecule has 0 amide bonds. The number of anilines is 1. The van der Waals surface area contributed by atoms with Gasteiger partial charge in [-0.2, -0.15) is 5.10 Å². The Bertz CT molecular complexity index is 690. The van der Waals surface area contributed by atoms with E-state index in [0.717, 1.165) is 20.9 Å². The van der Waals surface area contributed by atoms with Crippen LogP contribution in [0.15, 0.2) is 47.5 Å². The first-order valence-corrected chi connectivity index (χ1v) is 5.88. The Balaban J connectivity index is 2.28. The highest BCUT2D eigenvalue weighted by Crippen LogP contribution is 2.27. The van der Waals surface area contributed by atoms with Gasteiger partial charge < -0.3 is 5.73 Å². The summed E-state index contributed by atoms with van der Waals surface area (Å²) in [5.74, 6) is 0. The molecule has 2 heterocycles. The maximum Gasteiger partial charge on any atom is 0.0881 e. The lowest BCUT2D eigenvalue weighted by Gasteiger charge is -2.08. The van der Waals surface area contributed by atoms with Gasteiger partial charge in [-0.1, -0.05) is 6.07 Å². The summed E-state index contributed by atoms with van der Waals surface area (Å²) < 4.78 is 2.67. The van der Waals surface area contributed by atoms with Gasteiger partial charge in [-0.05, 0) is 28.1 Å². The Labute approximate surface area is 106 Å².